The predicted molar refractivity (Wildman–Crippen MR) is 138 cm³/mol. The summed E-state index contributed by atoms with van der Waals surface area (Å²) in [7, 11) is 0. The number of hydrogen-bond donors (Lipinski definition) is 0. The second kappa shape index (κ2) is 11.6. The zero-order valence-corrected chi connectivity index (χ0v) is 24.4. The second-order valence-corrected chi connectivity index (χ2v) is 13.8. The van der Waals surface area contributed by atoms with Crippen molar-refractivity contribution < 1.29 is 82.6 Å². The zero-order valence-electron chi connectivity index (χ0n) is 22.3. The first-order valence-electron chi connectivity index (χ1n) is 12.0. The molecule has 22 heteroatoms. The molecule has 0 saturated carbocycles. The van der Waals surface area contributed by atoms with Crippen LogP contribution in [-0.2, 0) is 7.86 Å². The number of hydrogen-bond acceptors (Lipinski definition) is 6. The molecule has 0 N–H and O–H groups in total. The molecule has 0 unspecified atom stereocenters. The van der Waals surface area contributed by atoms with E-state index in [4.69, 9.17) is 8.83 Å². The Hall–Kier alpha value is -3.99. The molecular formula is C26H10F15IO6. The van der Waals surface area contributed by atoms with Crippen molar-refractivity contribution in [3.05, 3.63) is 88.6 Å². The van der Waals surface area contributed by atoms with E-state index in [1.165, 1.54) is 0 Å². The molecule has 2 heterocycles. The SMILES string of the molecule is O=C(OI(c1ccc2ccc(=O)oc2c1)c1ccc2ccc(=O)oc2c1)C(F)(F)C(F)(F)C(F)(F)C(F)(F)C(F)(F)C(F)(F)C(F)(F)F. The summed E-state index contributed by atoms with van der Waals surface area (Å²) in [6, 6.07) is 9.85. The van der Waals surface area contributed by atoms with Gasteiger partial charge in [-0.2, -0.15) is 0 Å². The quantitative estimate of drug-likeness (QED) is 0.0960. The van der Waals surface area contributed by atoms with Crippen LogP contribution in [0.1, 0.15) is 0 Å². The molecule has 4 rings (SSSR count). The van der Waals surface area contributed by atoms with Crippen molar-refractivity contribution in [1.29, 1.82) is 0 Å². The van der Waals surface area contributed by atoms with Crippen molar-refractivity contribution in [2.45, 2.75) is 41.7 Å². The Labute approximate surface area is 261 Å². The fraction of sp³-hybridized carbons (Fsp3) is 0.269. The van der Waals surface area contributed by atoms with Gasteiger partial charge in [-0.1, -0.05) is 0 Å². The summed E-state index contributed by atoms with van der Waals surface area (Å²) in [4.78, 5) is 35.7. The van der Waals surface area contributed by atoms with Gasteiger partial charge in [-0.3, -0.25) is 0 Å². The number of carbonyl (C=O) groups is 1. The van der Waals surface area contributed by atoms with Crippen LogP contribution in [0, 0.1) is 7.14 Å². The average Bonchev–Trinajstić information content (AvgIpc) is 2.97. The Bertz CT molecular complexity index is 1910. The van der Waals surface area contributed by atoms with Gasteiger partial charge < -0.3 is 0 Å². The normalized spacial score (nSPS) is 14.4. The number of benzene rings is 2. The summed E-state index contributed by atoms with van der Waals surface area (Å²) in [5, 5.41) is 0.223. The first-order chi connectivity index (χ1) is 21.7. The van der Waals surface area contributed by atoms with Gasteiger partial charge in [0.05, 0.1) is 0 Å². The molecule has 2 aromatic heterocycles. The Kier molecular flexibility index (Phi) is 8.88. The summed E-state index contributed by atoms with van der Waals surface area (Å²) in [5.41, 5.74) is -2.76. The first kappa shape index (κ1) is 36.8. The molecule has 0 saturated heterocycles. The molecule has 262 valence electrons. The summed E-state index contributed by atoms with van der Waals surface area (Å²) in [6.45, 7) is 0. The van der Waals surface area contributed by atoms with Crippen LogP contribution in [-0.4, -0.2) is 47.7 Å². The van der Waals surface area contributed by atoms with E-state index in [1.807, 2.05) is 0 Å². The van der Waals surface area contributed by atoms with Gasteiger partial charge in [-0.25, -0.2) is 0 Å². The number of alkyl halides is 15. The molecule has 0 radical (unpaired) electrons. The van der Waals surface area contributed by atoms with Gasteiger partial charge in [0.1, 0.15) is 0 Å². The number of carbonyl (C=O) groups excluding carboxylic acids is 1. The third-order valence-corrected chi connectivity index (χ3v) is 10.7. The first-order valence-corrected chi connectivity index (χ1v) is 15.1. The number of fused-ring (bicyclic) bond motifs is 2. The van der Waals surface area contributed by atoms with E-state index in [-0.39, 0.29) is 21.9 Å². The summed E-state index contributed by atoms with van der Waals surface area (Å²) in [5.74, 6) is -53.1. The van der Waals surface area contributed by atoms with Gasteiger partial charge in [-0.15, -0.1) is 0 Å². The zero-order chi connectivity index (χ0) is 36.5. The van der Waals surface area contributed by atoms with E-state index in [1.54, 1.807) is 0 Å². The second-order valence-electron chi connectivity index (χ2n) is 9.43. The molecule has 0 aliphatic rings. The van der Waals surface area contributed by atoms with Crippen LogP contribution < -0.4 is 11.3 Å². The van der Waals surface area contributed by atoms with Crippen molar-refractivity contribution in [1.82, 2.24) is 0 Å². The molecule has 0 amide bonds. The van der Waals surface area contributed by atoms with Crippen molar-refractivity contribution in [2.75, 3.05) is 0 Å². The van der Waals surface area contributed by atoms with Gasteiger partial charge >= 0.3 is 261 Å². The van der Waals surface area contributed by atoms with Crippen LogP contribution in [0.3, 0.4) is 0 Å². The molecule has 0 fully saturated rings. The standard InChI is InChI=1S/C26H10F15IO6/c27-20(28,21(29,30)22(31,32)23(33,34)24(35,36)25(37,38)26(39,40)41)19(45)48-42(13-5-1-11-3-7-17(43)46-15(11)9-13)14-6-2-12-4-8-18(44)47-16(12)10-14/h1-10H. The van der Waals surface area contributed by atoms with E-state index in [9.17, 15) is 80.2 Å². The predicted octanol–water partition coefficient (Wildman–Crippen LogP) is 8.28. The molecule has 4 aromatic rings. The van der Waals surface area contributed by atoms with Crippen LogP contribution in [0.25, 0.3) is 21.9 Å². The van der Waals surface area contributed by atoms with Gasteiger partial charge in [0, 0.05) is 0 Å². The molecule has 6 nitrogen and oxygen atoms in total. The Morgan fingerprint density at radius 3 is 1.27 bits per heavy atom. The average molecular weight is 830 g/mol. The third-order valence-electron chi connectivity index (χ3n) is 6.30. The molecule has 0 spiro atoms. The van der Waals surface area contributed by atoms with Crippen LogP contribution in [0.4, 0.5) is 65.9 Å². The van der Waals surface area contributed by atoms with Gasteiger partial charge in [0.15, 0.2) is 0 Å². The monoisotopic (exact) mass is 830 g/mol. The third kappa shape index (κ3) is 5.63. The summed E-state index contributed by atoms with van der Waals surface area (Å²) >= 11 is -4.69. The molecule has 0 bridgehead atoms. The fourth-order valence-electron chi connectivity index (χ4n) is 3.71. The fourth-order valence-corrected chi connectivity index (χ4v) is 7.76. The Morgan fingerprint density at radius 1 is 0.521 bits per heavy atom. The van der Waals surface area contributed by atoms with E-state index in [2.05, 4.69) is 3.07 Å². The van der Waals surface area contributed by atoms with E-state index in [0.29, 0.717) is 0 Å². The summed E-state index contributed by atoms with van der Waals surface area (Å²) < 4.78 is 219. The van der Waals surface area contributed by atoms with Gasteiger partial charge in [-0.05, 0) is 0 Å². The van der Waals surface area contributed by atoms with Crippen LogP contribution in [0.2, 0.25) is 0 Å². The van der Waals surface area contributed by atoms with Crippen molar-refractivity contribution in [2.24, 2.45) is 0 Å². The number of halogens is 16. The van der Waals surface area contributed by atoms with E-state index >= 15 is 0 Å². The molecule has 0 atom stereocenters. The van der Waals surface area contributed by atoms with Crippen molar-refractivity contribution in [3.63, 3.8) is 0 Å². The topological polar surface area (TPSA) is 86.7 Å². The van der Waals surface area contributed by atoms with Gasteiger partial charge in [0.25, 0.3) is 0 Å². The van der Waals surface area contributed by atoms with Crippen LogP contribution in [0.5, 0.6) is 0 Å². The van der Waals surface area contributed by atoms with Gasteiger partial charge in [0.2, 0.25) is 0 Å². The molecule has 0 aliphatic heterocycles. The maximum absolute atomic E-state index is 14.8. The summed E-state index contributed by atoms with van der Waals surface area (Å²) in [6.07, 6.45) is -7.79. The Balaban J connectivity index is 1.83. The molecular weight excluding hydrogens is 820 g/mol. The van der Waals surface area contributed by atoms with Crippen molar-refractivity contribution >= 4 is 48.1 Å². The van der Waals surface area contributed by atoms with Crippen molar-refractivity contribution in [3.8, 4) is 0 Å². The minimum atomic E-state index is -8.60. The van der Waals surface area contributed by atoms with E-state index in [0.717, 1.165) is 60.7 Å². The van der Waals surface area contributed by atoms with Crippen LogP contribution >= 0.6 is 20.2 Å². The Morgan fingerprint density at radius 2 is 0.875 bits per heavy atom. The van der Waals surface area contributed by atoms with Crippen LogP contribution in [0.15, 0.2) is 79.1 Å². The molecule has 2 aromatic carbocycles. The minimum absolute atomic E-state index is 0.111. The molecule has 48 heavy (non-hydrogen) atoms. The maximum atomic E-state index is 14.8. The van der Waals surface area contributed by atoms with E-state index < -0.39 is 86.3 Å². The molecule has 0 aliphatic carbocycles. The number of rotatable bonds is 9.